The Morgan fingerprint density at radius 1 is 0.227 bits per heavy atom. The lowest BCUT2D eigenvalue weighted by molar-refractivity contribution is -0.206. The fourth-order valence-corrected chi connectivity index (χ4v) is 9.33. The van der Waals surface area contributed by atoms with Crippen LogP contribution in [0.25, 0.3) is 0 Å². The third-order valence-electron chi connectivity index (χ3n) is 20.9. The summed E-state index contributed by atoms with van der Waals surface area (Å²) in [5.41, 5.74) is -13.7. The number of benzene rings is 6. The molecule has 720 valence electrons. The van der Waals surface area contributed by atoms with E-state index in [1.165, 1.54) is 65.1 Å². The normalized spacial score (nSPS) is 12.4. The second-order valence-electron chi connectivity index (χ2n) is 32.5. The molecular formula is C85H103F25N6O12. The van der Waals surface area contributed by atoms with E-state index < -0.39 is 222 Å². The summed E-state index contributed by atoms with van der Waals surface area (Å²) in [7, 11) is 6.69. The summed E-state index contributed by atoms with van der Waals surface area (Å²) in [6.45, 7) is 16.6. The molecule has 0 unspecified atom stereocenters. The molecule has 18 nitrogen and oxygen atoms in total. The molecule has 0 saturated heterocycles. The molecule has 43 heteroatoms. The Morgan fingerprint density at radius 2 is 0.484 bits per heavy atom. The number of hydrogen-bond donors (Lipinski definition) is 0. The SMILES string of the molecule is CON(Cc1cc(F)c(F)c(F)c1)C(=O)C(C)(C)C(C)(F)F.CON(Cc1cc(F)c(F)cc1F)C(=O)C(C)(C)C(C)(F)F.CON(Cc1cc(F)cc(F)c1F)C(=O)C(C)(C)C(C)(C)F.CON(Cc1ccc(F)c(F)c1)C(=O)C(C)(C)C(C)(F)F.CON(Cc1ccc(F)cc1)C(=O)C(C)(C)C(C)(F)F.CON(Cc1ccc(F)cc1F)C(=O)C(C)(C)C(C)(F)F. The van der Waals surface area contributed by atoms with Gasteiger partial charge in [-0.3, -0.25) is 57.8 Å². The maximum absolute atomic E-state index is 14.2. The van der Waals surface area contributed by atoms with E-state index in [4.69, 9.17) is 29.0 Å². The second kappa shape index (κ2) is 45.6. The molecule has 6 aromatic rings. The maximum Gasteiger partial charge on any atom is 0.259 e. The summed E-state index contributed by atoms with van der Waals surface area (Å²) in [5.74, 6) is -38.4. The minimum atomic E-state index is -3.37. The number of nitrogens with zero attached hydrogens (tertiary/aromatic N) is 6. The van der Waals surface area contributed by atoms with Crippen LogP contribution in [0.5, 0.6) is 0 Å². The van der Waals surface area contributed by atoms with E-state index >= 15 is 0 Å². The van der Waals surface area contributed by atoms with Crippen LogP contribution >= 0.6 is 0 Å². The summed E-state index contributed by atoms with van der Waals surface area (Å²) in [6.07, 6.45) is 0. The number of hydrogen-bond acceptors (Lipinski definition) is 12. The second-order valence-corrected chi connectivity index (χ2v) is 32.5. The molecule has 0 N–H and O–H groups in total. The zero-order valence-electron chi connectivity index (χ0n) is 74.5. The van der Waals surface area contributed by atoms with Crippen molar-refractivity contribution in [2.45, 2.75) is 206 Å². The number of hydroxylamine groups is 12. The van der Waals surface area contributed by atoms with Gasteiger partial charge in [0.2, 0.25) is 0 Å². The minimum absolute atomic E-state index is 0.0326. The van der Waals surface area contributed by atoms with Gasteiger partial charge < -0.3 is 0 Å². The van der Waals surface area contributed by atoms with E-state index in [9.17, 15) is 139 Å². The number of rotatable bonds is 30. The molecule has 128 heavy (non-hydrogen) atoms. The van der Waals surface area contributed by atoms with Crippen LogP contribution in [0.1, 0.15) is 165 Å². The van der Waals surface area contributed by atoms with Gasteiger partial charge in [-0.1, -0.05) is 24.3 Å². The molecule has 0 heterocycles. The quantitative estimate of drug-likeness (QED) is 0.0181. The highest BCUT2D eigenvalue weighted by molar-refractivity contribution is 5.85. The van der Waals surface area contributed by atoms with Gasteiger partial charge in [0.25, 0.3) is 65.1 Å². The number of carbonyl (C=O) groups is 6. The molecule has 0 aliphatic rings. The van der Waals surface area contributed by atoms with Crippen LogP contribution in [0, 0.1) is 114 Å². The van der Waals surface area contributed by atoms with Crippen molar-refractivity contribution in [1.29, 1.82) is 0 Å². The standard InChI is InChI=1S/C15H19F4NO2.2C14H16F5NO2.2C14H17F4NO2.C14H18F3NO2/c1-14(2,15(3,4)19)13(21)20(22-5)8-9-6-10(16)7-11(17)12(9)18;1-13(2,14(3,18)19)12(21)20(22-4)7-8-5-10(16)11(17)6-9(8)15;1-13(2,14(3,18)19)12(21)20(22-4)7-8-5-9(15)11(17)10(16)6-8;1-13(2,14(3,17)18)12(20)19(21-4)8-9-5-6-10(15)7-11(9)16;1-13(2,14(3,17)18)12(20)19(21-4)8-9-5-6-10(15)11(16)7-9;1-13(2,14(3,16)17)12(19)18(20-4)9-10-5-7-11(15)8-6-10/h6-7H,8H2,1-5H3;2*5-6H,7H2,1-4H3;2*5-7H,8H2,1-4H3;5-8H,9H2,1-4H3. The molecule has 6 amide bonds. The minimum Gasteiger partial charge on any atom is -0.274 e. The Morgan fingerprint density at radius 3 is 0.812 bits per heavy atom. The Labute approximate surface area is 724 Å². The molecule has 0 saturated carbocycles. The van der Waals surface area contributed by atoms with Crippen LogP contribution in [-0.4, -0.2) is 144 Å². The molecule has 6 rings (SSSR count). The van der Waals surface area contributed by atoms with E-state index in [0.29, 0.717) is 102 Å². The fourth-order valence-electron chi connectivity index (χ4n) is 9.33. The Hall–Kier alpha value is -9.85. The van der Waals surface area contributed by atoms with E-state index in [1.807, 2.05) is 0 Å². The first kappa shape index (κ1) is 116. The first-order valence-electron chi connectivity index (χ1n) is 37.6. The Kier molecular flexibility index (Phi) is 41.4. The fraction of sp³-hybridized carbons (Fsp3) is 0.506. The van der Waals surface area contributed by atoms with Gasteiger partial charge >= 0.3 is 0 Å². The smallest absolute Gasteiger partial charge is 0.259 e. The van der Waals surface area contributed by atoms with Crippen molar-refractivity contribution >= 4 is 35.4 Å². The van der Waals surface area contributed by atoms with Crippen molar-refractivity contribution in [3.8, 4) is 0 Å². The number of halogens is 25. The Balaban J connectivity index is 0.000000768. The van der Waals surface area contributed by atoms with Gasteiger partial charge in [-0.15, -0.1) is 0 Å². The highest BCUT2D eigenvalue weighted by Gasteiger charge is 2.55. The summed E-state index contributed by atoms with van der Waals surface area (Å²) >= 11 is 0. The van der Waals surface area contributed by atoms with Gasteiger partial charge in [-0.2, -0.15) is 0 Å². The molecule has 0 bridgehead atoms. The van der Waals surface area contributed by atoms with E-state index in [1.54, 1.807) is 0 Å². The molecule has 0 atom stereocenters. The molecule has 0 aliphatic heterocycles. The summed E-state index contributed by atoms with van der Waals surface area (Å²) in [6, 6.07) is 14.5. The molecular weight excluding hydrogens is 1770 g/mol. The largest absolute Gasteiger partial charge is 0.274 e. The van der Waals surface area contributed by atoms with E-state index in [-0.39, 0.29) is 29.8 Å². The molecule has 6 aromatic carbocycles. The van der Waals surface area contributed by atoms with Gasteiger partial charge in [0.05, 0.1) is 87.3 Å². The molecule has 0 spiro atoms. The third-order valence-corrected chi connectivity index (χ3v) is 20.9. The molecule has 0 radical (unpaired) electrons. The van der Waals surface area contributed by atoms with Crippen molar-refractivity contribution in [2.75, 3.05) is 42.7 Å². The van der Waals surface area contributed by atoms with Gasteiger partial charge in [0.15, 0.2) is 52.4 Å². The van der Waals surface area contributed by atoms with Gasteiger partial charge in [0.1, 0.15) is 61.8 Å². The lowest BCUT2D eigenvalue weighted by Gasteiger charge is -2.36. The van der Waals surface area contributed by atoms with Crippen LogP contribution in [0.15, 0.2) is 97.1 Å². The number of amides is 6. The summed E-state index contributed by atoms with van der Waals surface area (Å²) < 4.78 is 333. The average molecular weight is 1880 g/mol. The molecule has 0 aliphatic carbocycles. The van der Waals surface area contributed by atoms with Crippen molar-refractivity contribution in [2.24, 2.45) is 32.5 Å². The van der Waals surface area contributed by atoms with Crippen LogP contribution < -0.4 is 0 Å². The average Bonchev–Trinajstić information content (AvgIpc) is 0.808. The topological polar surface area (TPSA) is 177 Å². The maximum atomic E-state index is 14.2. The van der Waals surface area contributed by atoms with Crippen molar-refractivity contribution in [3.63, 3.8) is 0 Å². The van der Waals surface area contributed by atoms with Crippen LogP contribution in [0.3, 0.4) is 0 Å². The molecule has 0 aromatic heterocycles. The van der Waals surface area contributed by atoms with Gasteiger partial charge in [-0.05, 0) is 168 Å². The number of alkyl halides is 11. The Bertz CT molecular complexity index is 4710. The number of carbonyl (C=O) groups excluding carboxylic acids is 6. The highest BCUT2D eigenvalue weighted by atomic mass is 19.3. The highest BCUT2D eigenvalue weighted by Crippen LogP contribution is 2.44. The molecule has 0 fully saturated rings. The van der Waals surface area contributed by atoms with E-state index in [0.717, 1.165) is 140 Å². The van der Waals surface area contributed by atoms with Crippen LogP contribution in [0.4, 0.5) is 110 Å². The van der Waals surface area contributed by atoms with Crippen molar-refractivity contribution < 1.29 is 168 Å². The van der Waals surface area contributed by atoms with Gasteiger partial charge in [0, 0.05) is 69.5 Å². The van der Waals surface area contributed by atoms with Crippen molar-refractivity contribution in [3.05, 3.63) is 212 Å². The first-order valence-corrected chi connectivity index (χ1v) is 37.6. The van der Waals surface area contributed by atoms with Gasteiger partial charge in [-0.25, -0.2) is 140 Å². The third kappa shape index (κ3) is 30.7. The van der Waals surface area contributed by atoms with Crippen LogP contribution in [-0.2, 0) is 97.1 Å². The predicted molar refractivity (Wildman–Crippen MR) is 414 cm³/mol. The summed E-state index contributed by atoms with van der Waals surface area (Å²) in [4.78, 5) is 102. The predicted octanol–water partition coefficient (Wildman–Crippen LogP) is 21.6. The monoisotopic (exact) mass is 1870 g/mol. The first-order chi connectivity index (χ1) is 57.8. The van der Waals surface area contributed by atoms with E-state index in [2.05, 4.69) is 0 Å². The van der Waals surface area contributed by atoms with Crippen molar-refractivity contribution in [1.82, 2.24) is 30.4 Å². The summed E-state index contributed by atoms with van der Waals surface area (Å²) in [5, 5.41) is 3.89. The lowest BCUT2D eigenvalue weighted by atomic mass is 9.77. The van der Waals surface area contributed by atoms with Crippen LogP contribution in [0.2, 0.25) is 0 Å². The lowest BCUT2D eigenvalue weighted by Crippen LogP contribution is -2.49. The zero-order valence-corrected chi connectivity index (χ0v) is 74.5. The zero-order chi connectivity index (χ0) is 100.